The molecule has 0 N–H and O–H groups in total. The smallest absolute Gasteiger partial charge is 0.101 e. The van der Waals surface area contributed by atoms with E-state index in [4.69, 9.17) is 5.26 Å². The van der Waals surface area contributed by atoms with Crippen LogP contribution >= 0.6 is 0 Å². The zero-order chi connectivity index (χ0) is 15.5. The normalized spacial score (nSPS) is 14.5. The van der Waals surface area contributed by atoms with Crippen molar-refractivity contribution < 1.29 is 0 Å². The van der Waals surface area contributed by atoms with Crippen molar-refractivity contribution in [1.29, 1.82) is 10.5 Å². The SMILES string of the molecule is C/C(C#N)=C\C(C#N)=C\n1c2c(c3ccccc31)C=CCC2. The lowest BCUT2D eigenvalue weighted by atomic mass is 10.0. The Morgan fingerprint density at radius 1 is 1.23 bits per heavy atom. The fraction of sp³-hybridized carbons (Fsp3) is 0.158. The number of hydrogen-bond donors (Lipinski definition) is 0. The lowest BCUT2D eigenvalue weighted by molar-refractivity contribution is 0.909. The van der Waals surface area contributed by atoms with Crippen molar-refractivity contribution in [3.8, 4) is 12.1 Å². The molecule has 3 heteroatoms. The van der Waals surface area contributed by atoms with Crippen molar-refractivity contribution in [1.82, 2.24) is 4.57 Å². The molecule has 0 fully saturated rings. The molecule has 1 aromatic carbocycles. The van der Waals surface area contributed by atoms with Gasteiger partial charge in [0.25, 0.3) is 0 Å². The largest absolute Gasteiger partial charge is 0.318 e. The van der Waals surface area contributed by atoms with E-state index in [9.17, 15) is 5.26 Å². The lowest BCUT2D eigenvalue weighted by Gasteiger charge is -2.09. The Hall–Kier alpha value is -3.04. The zero-order valence-corrected chi connectivity index (χ0v) is 12.4. The van der Waals surface area contributed by atoms with Gasteiger partial charge in [-0.05, 0) is 31.9 Å². The van der Waals surface area contributed by atoms with Crippen LogP contribution in [0.25, 0.3) is 23.2 Å². The predicted molar refractivity (Wildman–Crippen MR) is 88.5 cm³/mol. The number of nitriles is 2. The first-order valence-electron chi connectivity index (χ1n) is 7.23. The highest BCUT2D eigenvalue weighted by Crippen LogP contribution is 2.31. The van der Waals surface area contributed by atoms with Crippen LogP contribution in [0, 0.1) is 22.7 Å². The molecular formula is C19H15N3. The first kappa shape index (κ1) is 13.9. The van der Waals surface area contributed by atoms with Crippen LogP contribution in [-0.4, -0.2) is 4.57 Å². The van der Waals surface area contributed by atoms with E-state index in [1.54, 1.807) is 13.0 Å². The molecule has 0 saturated heterocycles. The number of allylic oxidation sites excluding steroid dienone is 4. The lowest BCUT2D eigenvalue weighted by Crippen LogP contribution is -1.99. The van der Waals surface area contributed by atoms with Crippen molar-refractivity contribution in [3.63, 3.8) is 0 Å². The van der Waals surface area contributed by atoms with E-state index in [1.807, 2.05) is 18.3 Å². The summed E-state index contributed by atoms with van der Waals surface area (Å²) in [6.07, 6.45) is 9.77. The number of para-hydroxylation sites is 1. The first-order valence-corrected chi connectivity index (χ1v) is 7.23. The Morgan fingerprint density at radius 2 is 2.05 bits per heavy atom. The van der Waals surface area contributed by atoms with E-state index in [2.05, 4.69) is 41.0 Å². The van der Waals surface area contributed by atoms with Gasteiger partial charge in [-0.3, -0.25) is 0 Å². The molecule has 106 valence electrons. The van der Waals surface area contributed by atoms with E-state index in [0.717, 1.165) is 18.4 Å². The second-order valence-corrected chi connectivity index (χ2v) is 5.32. The quantitative estimate of drug-likeness (QED) is 0.605. The van der Waals surface area contributed by atoms with Crippen LogP contribution in [0.5, 0.6) is 0 Å². The molecule has 0 amide bonds. The zero-order valence-electron chi connectivity index (χ0n) is 12.4. The van der Waals surface area contributed by atoms with Crippen LogP contribution in [-0.2, 0) is 6.42 Å². The van der Waals surface area contributed by atoms with Gasteiger partial charge in [0.15, 0.2) is 0 Å². The van der Waals surface area contributed by atoms with Gasteiger partial charge in [-0.2, -0.15) is 10.5 Å². The Kier molecular flexibility index (Phi) is 3.64. The first-order chi connectivity index (χ1) is 10.7. The molecule has 0 bridgehead atoms. The van der Waals surface area contributed by atoms with Crippen LogP contribution in [0.3, 0.4) is 0 Å². The summed E-state index contributed by atoms with van der Waals surface area (Å²) in [5.41, 5.74) is 4.56. The summed E-state index contributed by atoms with van der Waals surface area (Å²) >= 11 is 0. The number of fused-ring (bicyclic) bond motifs is 3. The minimum Gasteiger partial charge on any atom is -0.318 e. The number of hydrogen-bond acceptors (Lipinski definition) is 2. The van der Waals surface area contributed by atoms with Crippen molar-refractivity contribution in [2.75, 3.05) is 0 Å². The van der Waals surface area contributed by atoms with Gasteiger partial charge < -0.3 is 4.57 Å². The Balaban J connectivity index is 2.26. The van der Waals surface area contributed by atoms with Crippen LogP contribution in [0.1, 0.15) is 24.6 Å². The topological polar surface area (TPSA) is 52.5 Å². The molecule has 0 aliphatic heterocycles. The summed E-state index contributed by atoms with van der Waals surface area (Å²) in [6, 6.07) is 12.4. The van der Waals surface area contributed by atoms with Crippen LogP contribution in [0.2, 0.25) is 0 Å². The third-order valence-electron chi connectivity index (χ3n) is 3.83. The van der Waals surface area contributed by atoms with Gasteiger partial charge in [0, 0.05) is 28.4 Å². The Morgan fingerprint density at radius 3 is 2.82 bits per heavy atom. The van der Waals surface area contributed by atoms with Crippen molar-refractivity contribution in [3.05, 3.63) is 58.8 Å². The molecule has 0 spiro atoms. The highest BCUT2D eigenvalue weighted by Gasteiger charge is 2.16. The molecule has 1 heterocycles. The molecule has 1 aliphatic rings. The molecule has 2 aromatic rings. The third kappa shape index (κ3) is 2.34. The summed E-state index contributed by atoms with van der Waals surface area (Å²) in [7, 11) is 0. The van der Waals surface area contributed by atoms with Crippen molar-refractivity contribution >= 4 is 23.2 Å². The number of nitrogens with zero attached hydrogens (tertiary/aromatic N) is 3. The summed E-state index contributed by atoms with van der Waals surface area (Å²) in [5, 5.41) is 19.4. The number of rotatable bonds is 2. The third-order valence-corrected chi connectivity index (χ3v) is 3.83. The number of benzene rings is 1. The van der Waals surface area contributed by atoms with Crippen LogP contribution < -0.4 is 0 Å². The van der Waals surface area contributed by atoms with Crippen LogP contribution in [0.4, 0.5) is 0 Å². The van der Waals surface area contributed by atoms with E-state index in [0.29, 0.717) is 11.1 Å². The molecule has 1 aliphatic carbocycles. The molecule has 0 saturated carbocycles. The highest BCUT2D eigenvalue weighted by molar-refractivity contribution is 5.93. The second-order valence-electron chi connectivity index (χ2n) is 5.32. The van der Waals surface area contributed by atoms with Gasteiger partial charge in [-0.25, -0.2) is 0 Å². The molecule has 3 rings (SSSR count). The van der Waals surface area contributed by atoms with Crippen molar-refractivity contribution in [2.45, 2.75) is 19.8 Å². The molecule has 3 nitrogen and oxygen atoms in total. The van der Waals surface area contributed by atoms with E-state index in [1.165, 1.54) is 16.6 Å². The minimum atomic E-state index is 0.483. The molecule has 0 unspecified atom stereocenters. The van der Waals surface area contributed by atoms with Gasteiger partial charge >= 0.3 is 0 Å². The Bertz CT molecular complexity index is 909. The average Bonchev–Trinajstić information content (AvgIpc) is 2.88. The maximum atomic E-state index is 9.35. The summed E-state index contributed by atoms with van der Waals surface area (Å²) < 4.78 is 2.09. The van der Waals surface area contributed by atoms with Gasteiger partial charge in [-0.15, -0.1) is 0 Å². The van der Waals surface area contributed by atoms with Gasteiger partial charge in [0.1, 0.15) is 6.07 Å². The van der Waals surface area contributed by atoms with Gasteiger partial charge in [0.05, 0.1) is 17.2 Å². The average molecular weight is 285 g/mol. The fourth-order valence-corrected chi connectivity index (χ4v) is 2.85. The maximum Gasteiger partial charge on any atom is 0.101 e. The van der Waals surface area contributed by atoms with Gasteiger partial charge in [-0.1, -0.05) is 30.4 Å². The second kappa shape index (κ2) is 5.76. The van der Waals surface area contributed by atoms with Gasteiger partial charge in [0.2, 0.25) is 0 Å². The minimum absolute atomic E-state index is 0.483. The monoisotopic (exact) mass is 285 g/mol. The maximum absolute atomic E-state index is 9.35. The number of aromatic nitrogens is 1. The summed E-state index contributed by atoms with van der Waals surface area (Å²) in [4.78, 5) is 0. The molecule has 0 atom stereocenters. The Labute approximate surface area is 129 Å². The van der Waals surface area contributed by atoms with Crippen molar-refractivity contribution in [2.24, 2.45) is 0 Å². The van der Waals surface area contributed by atoms with Crippen LogP contribution in [0.15, 0.2) is 47.6 Å². The van der Waals surface area contributed by atoms with E-state index >= 15 is 0 Å². The van der Waals surface area contributed by atoms with E-state index < -0.39 is 0 Å². The molecule has 1 aromatic heterocycles. The molecule has 22 heavy (non-hydrogen) atoms. The highest BCUT2D eigenvalue weighted by atomic mass is 15.0. The molecule has 0 radical (unpaired) electrons. The summed E-state index contributed by atoms with van der Waals surface area (Å²) in [5.74, 6) is 0. The molecular weight excluding hydrogens is 270 g/mol. The fourth-order valence-electron chi connectivity index (χ4n) is 2.85. The summed E-state index contributed by atoms with van der Waals surface area (Å²) in [6.45, 7) is 1.71. The predicted octanol–water partition coefficient (Wildman–Crippen LogP) is 4.44. The van der Waals surface area contributed by atoms with E-state index in [-0.39, 0.29) is 0 Å². The standard InChI is InChI=1S/C19H15N3/c1-14(11-20)10-15(12-21)13-22-18-8-4-2-6-16(18)17-7-3-5-9-19(17)22/h2-4,6-8,10,13H,5,9H2,1H3/b14-10+,15-13-.